The first kappa shape index (κ1) is 21.9. The van der Waals surface area contributed by atoms with Gasteiger partial charge in [-0.1, -0.05) is 41.6 Å². The third kappa shape index (κ3) is 4.60. The van der Waals surface area contributed by atoms with Crippen molar-refractivity contribution in [3.05, 3.63) is 102 Å². The molecule has 0 aliphatic rings. The molecule has 0 radical (unpaired) electrons. The largest absolute Gasteiger partial charge is 0.382 e. The summed E-state index contributed by atoms with van der Waals surface area (Å²) in [5, 5.41) is 14.8. The van der Waals surface area contributed by atoms with Gasteiger partial charge in [-0.15, -0.1) is 5.10 Å². The average Bonchev–Trinajstić information content (AvgIpc) is 3.48. The van der Waals surface area contributed by atoms with Gasteiger partial charge in [0.1, 0.15) is 0 Å². The third-order valence-corrected chi connectivity index (χ3v) is 5.68. The number of nitrogen functional groups attached to an aromatic ring is 1. The second-order valence-corrected chi connectivity index (χ2v) is 7.97. The second kappa shape index (κ2) is 9.52. The molecule has 3 aromatic carbocycles. The van der Waals surface area contributed by atoms with Crippen LogP contribution in [0.3, 0.4) is 0 Å². The molecule has 2 amide bonds. The van der Waals surface area contributed by atoms with Crippen LogP contribution in [0, 0.1) is 0 Å². The molecule has 35 heavy (non-hydrogen) atoms. The van der Waals surface area contributed by atoms with Gasteiger partial charge in [-0.05, 0) is 54.4 Å². The number of nitrogens with one attached hydrogen (secondary N) is 3. The van der Waals surface area contributed by atoms with Gasteiger partial charge in [-0.25, -0.2) is 0 Å². The van der Waals surface area contributed by atoms with Crippen molar-refractivity contribution in [2.75, 3.05) is 17.6 Å². The predicted molar refractivity (Wildman–Crippen MR) is 135 cm³/mol. The molecule has 0 atom stereocenters. The molecule has 0 aliphatic carbocycles. The van der Waals surface area contributed by atoms with E-state index in [4.69, 9.17) is 5.73 Å². The maximum atomic E-state index is 12.7. The number of nitrogens with zero attached hydrogens (tertiary/aromatic N) is 3. The zero-order chi connectivity index (χ0) is 24.2. The average molecular weight is 466 g/mol. The Labute approximate surface area is 201 Å². The van der Waals surface area contributed by atoms with E-state index >= 15 is 0 Å². The molecule has 0 saturated carbocycles. The molecule has 0 spiro atoms. The molecule has 0 saturated heterocycles. The summed E-state index contributed by atoms with van der Waals surface area (Å²) >= 11 is 0. The molecule has 174 valence electrons. The number of rotatable bonds is 7. The highest BCUT2D eigenvalue weighted by Crippen LogP contribution is 2.19. The number of hydrogen-bond acceptors (Lipinski definition) is 5. The molecule has 2 heterocycles. The van der Waals surface area contributed by atoms with Crippen molar-refractivity contribution in [2.45, 2.75) is 6.42 Å². The number of amides is 2. The quantitative estimate of drug-likeness (QED) is 0.292. The molecule has 2 aromatic heterocycles. The lowest BCUT2D eigenvalue weighted by Gasteiger charge is -2.08. The van der Waals surface area contributed by atoms with E-state index in [1.54, 1.807) is 36.4 Å². The number of aromatic nitrogens is 4. The van der Waals surface area contributed by atoms with Crippen molar-refractivity contribution in [3.63, 3.8) is 0 Å². The number of para-hydroxylation sites is 1. The van der Waals surface area contributed by atoms with E-state index in [2.05, 4.69) is 25.9 Å². The number of nitrogens with two attached hydrogens (primary N) is 1. The Bertz CT molecular complexity index is 1490. The molecule has 0 aliphatic heterocycles. The molecule has 0 unspecified atom stereocenters. The van der Waals surface area contributed by atoms with Gasteiger partial charge in [0, 0.05) is 34.9 Å². The van der Waals surface area contributed by atoms with Gasteiger partial charge in [0.15, 0.2) is 11.5 Å². The Morgan fingerprint density at radius 2 is 1.66 bits per heavy atom. The second-order valence-electron chi connectivity index (χ2n) is 7.97. The SMILES string of the molecule is Nc1c(C(=O)NCCc2c[nH]c3ccccc23)nnn1-c1ccc(NC(=O)c2ccccc2)cc1. The van der Waals surface area contributed by atoms with Gasteiger partial charge in [-0.2, -0.15) is 4.68 Å². The molecule has 0 bridgehead atoms. The standard InChI is InChI=1S/C26H23N7O2/c27-24-23(26(35)28-15-14-18-16-29-22-9-5-4-8-21(18)22)31-32-33(24)20-12-10-19(11-13-20)30-25(34)17-6-2-1-3-7-17/h1-13,16,29H,14-15,27H2,(H,28,35)(H,30,34). The van der Waals surface area contributed by atoms with Crippen LogP contribution in [-0.4, -0.2) is 38.3 Å². The van der Waals surface area contributed by atoms with Crippen molar-refractivity contribution in [2.24, 2.45) is 0 Å². The molecular weight excluding hydrogens is 442 g/mol. The molecule has 9 heteroatoms. The fraction of sp³-hybridized carbons (Fsp3) is 0.0769. The van der Waals surface area contributed by atoms with Crippen molar-refractivity contribution < 1.29 is 9.59 Å². The van der Waals surface area contributed by atoms with Crippen molar-refractivity contribution >= 4 is 34.2 Å². The smallest absolute Gasteiger partial charge is 0.275 e. The highest BCUT2D eigenvalue weighted by molar-refractivity contribution is 6.04. The molecule has 5 aromatic rings. The van der Waals surface area contributed by atoms with Crippen molar-refractivity contribution in [3.8, 4) is 5.69 Å². The predicted octanol–water partition coefficient (Wildman–Crippen LogP) is 3.56. The Balaban J connectivity index is 1.22. The van der Waals surface area contributed by atoms with Crippen LogP contribution in [0.4, 0.5) is 11.5 Å². The van der Waals surface area contributed by atoms with Gasteiger partial charge >= 0.3 is 0 Å². The van der Waals surface area contributed by atoms with E-state index in [-0.39, 0.29) is 23.3 Å². The molecular formula is C26H23N7O2. The lowest BCUT2D eigenvalue weighted by molar-refractivity contribution is 0.0949. The van der Waals surface area contributed by atoms with E-state index in [9.17, 15) is 9.59 Å². The fourth-order valence-corrected chi connectivity index (χ4v) is 3.85. The maximum Gasteiger partial charge on any atom is 0.275 e. The number of benzene rings is 3. The van der Waals surface area contributed by atoms with Crippen LogP contribution >= 0.6 is 0 Å². The van der Waals surface area contributed by atoms with Gasteiger partial charge in [-0.3, -0.25) is 9.59 Å². The monoisotopic (exact) mass is 465 g/mol. The summed E-state index contributed by atoms with van der Waals surface area (Å²) in [7, 11) is 0. The Hall–Kier alpha value is -4.92. The first-order chi connectivity index (χ1) is 17.1. The van der Waals surface area contributed by atoms with Crippen LogP contribution in [0.5, 0.6) is 0 Å². The van der Waals surface area contributed by atoms with Crippen molar-refractivity contribution in [1.82, 2.24) is 25.3 Å². The van der Waals surface area contributed by atoms with Crippen LogP contribution in [0.1, 0.15) is 26.4 Å². The maximum absolute atomic E-state index is 12.7. The number of anilines is 2. The van der Waals surface area contributed by atoms with E-state index in [0.29, 0.717) is 29.9 Å². The van der Waals surface area contributed by atoms with Crippen LogP contribution in [0.2, 0.25) is 0 Å². The van der Waals surface area contributed by atoms with Crippen LogP contribution < -0.4 is 16.4 Å². The summed E-state index contributed by atoms with van der Waals surface area (Å²) in [6.07, 6.45) is 2.62. The minimum atomic E-state index is -0.389. The summed E-state index contributed by atoms with van der Waals surface area (Å²) in [4.78, 5) is 28.2. The summed E-state index contributed by atoms with van der Waals surface area (Å²) < 4.78 is 1.39. The van der Waals surface area contributed by atoms with E-state index in [1.807, 2.05) is 48.7 Å². The van der Waals surface area contributed by atoms with Gasteiger partial charge < -0.3 is 21.4 Å². The Morgan fingerprint density at radius 1 is 0.914 bits per heavy atom. The van der Waals surface area contributed by atoms with Gasteiger partial charge in [0.25, 0.3) is 11.8 Å². The lowest BCUT2D eigenvalue weighted by Crippen LogP contribution is -2.27. The number of carbonyl (C=O) groups is 2. The Morgan fingerprint density at radius 3 is 2.46 bits per heavy atom. The molecule has 5 N–H and O–H groups in total. The summed E-state index contributed by atoms with van der Waals surface area (Å²) in [6, 6.07) is 23.9. The summed E-state index contributed by atoms with van der Waals surface area (Å²) in [6.45, 7) is 0.433. The number of hydrogen-bond donors (Lipinski definition) is 4. The topological polar surface area (TPSA) is 131 Å². The van der Waals surface area contributed by atoms with Crippen LogP contribution in [0.15, 0.2) is 85.1 Å². The first-order valence-corrected chi connectivity index (χ1v) is 11.1. The minimum Gasteiger partial charge on any atom is -0.382 e. The number of carbonyl (C=O) groups excluding carboxylic acids is 2. The van der Waals surface area contributed by atoms with Crippen molar-refractivity contribution in [1.29, 1.82) is 0 Å². The lowest BCUT2D eigenvalue weighted by atomic mass is 10.1. The Kier molecular flexibility index (Phi) is 5.96. The van der Waals surface area contributed by atoms with Gasteiger partial charge in [0.05, 0.1) is 5.69 Å². The highest BCUT2D eigenvalue weighted by atomic mass is 16.2. The van der Waals surface area contributed by atoms with E-state index in [1.165, 1.54) is 4.68 Å². The van der Waals surface area contributed by atoms with Crippen LogP contribution in [-0.2, 0) is 6.42 Å². The first-order valence-electron chi connectivity index (χ1n) is 11.1. The molecule has 0 fully saturated rings. The zero-order valence-corrected chi connectivity index (χ0v) is 18.7. The van der Waals surface area contributed by atoms with E-state index < -0.39 is 0 Å². The van der Waals surface area contributed by atoms with Gasteiger partial charge in [0.2, 0.25) is 0 Å². The number of H-pyrrole nitrogens is 1. The number of aromatic amines is 1. The van der Waals surface area contributed by atoms with E-state index in [0.717, 1.165) is 16.5 Å². The highest BCUT2D eigenvalue weighted by Gasteiger charge is 2.18. The normalized spacial score (nSPS) is 10.9. The molecule has 5 rings (SSSR count). The zero-order valence-electron chi connectivity index (χ0n) is 18.7. The summed E-state index contributed by atoms with van der Waals surface area (Å²) in [5.74, 6) is -0.457. The van der Waals surface area contributed by atoms with Crippen LogP contribution in [0.25, 0.3) is 16.6 Å². The fourth-order valence-electron chi connectivity index (χ4n) is 3.85. The molecule has 9 nitrogen and oxygen atoms in total. The third-order valence-electron chi connectivity index (χ3n) is 5.68. The minimum absolute atomic E-state index is 0.0605. The number of fused-ring (bicyclic) bond motifs is 1. The summed E-state index contributed by atoms with van der Waals surface area (Å²) in [5.41, 5.74) is 10.2.